The molecule has 1 N–H and O–H groups in total. The van der Waals surface area contributed by atoms with Crippen molar-refractivity contribution in [2.75, 3.05) is 0 Å². The van der Waals surface area contributed by atoms with Crippen LogP contribution in [-0.4, -0.2) is 11.4 Å². The Hall–Kier alpha value is -1.38. The molecule has 0 fully saturated rings. The Morgan fingerprint density at radius 2 is 2.23 bits per heavy atom. The van der Waals surface area contributed by atoms with Gasteiger partial charge in [0.1, 0.15) is 17.9 Å². The van der Waals surface area contributed by atoms with E-state index in [4.69, 9.17) is 0 Å². The molecule has 1 rings (SSSR count). The second-order valence-corrected chi connectivity index (χ2v) is 2.94. The minimum Gasteiger partial charge on any atom is -0.508 e. The molecule has 0 aromatic heterocycles. The molecule has 0 aliphatic rings. The van der Waals surface area contributed by atoms with E-state index >= 15 is 0 Å². The summed E-state index contributed by atoms with van der Waals surface area (Å²) in [6, 6.07) is 2.64. The van der Waals surface area contributed by atoms with E-state index in [0.29, 0.717) is 24.0 Å². The number of aldehydes is 1. The number of hydrogen-bond acceptors (Lipinski definition) is 2. The highest BCUT2D eigenvalue weighted by Crippen LogP contribution is 2.22. The third-order valence-corrected chi connectivity index (χ3v) is 1.89. The van der Waals surface area contributed by atoms with E-state index in [-0.39, 0.29) is 11.6 Å². The van der Waals surface area contributed by atoms with Crippen LogP contribution >= 0.6 is 0 Å². The van der Waals surface area contributed by atoms with Gasteiger partial charge in [-0.05, 0) is 36.6 Å². The molecule has 0 bridgehead atoms. The summed E-state index contributed by atoms with van der Waals surface area (Å²) in [5.41, 5.74) is 0.891. The quantitative estimate of drug-likeness (QED) is 0.725. The van der Waals surface area contributed by atoms with Gasteiger partial charge in [-0.1, -0.05) is 0 Å². The molecule has 0 saturated heterocycles. The first-order chi connectivity index (χ1) is 6.15. The first-order valence-electron chi connectivity index (χ1n) is 4.06. The number of carbonyl (C=O) groups is 1. The zero-order chi connectivity index (χ0) is 9.84. The Labute approximate surface area is 76.0 Å². The largest absolute Gasteiger partial charge is 0.508 e. The molecule has 13 heavy (non-hydrogen) atoms. The Bertz CT molecular complexity index is 321. The number of aromatic hydroxyl groups is 1. The van der Waals surface area contributed by atoms with Crippen molar-refractivity contribution in [2.24, 2.45) is 0 Å². The average molecular weight is 182 g/mol. The highest BCUT2D eigenvalue weighted by atomic mass is 19.1. The fourth-order valence-corrected chi connectivity index (χ4v) is 1.12. The van der Waals surface area contributed by atoms with Crippen molar-refractivity contribution in [3.8, 4) is 5.75 Å². The summed E-state index contributed by atoms with van der Waals surface area (Å²) in [4.78, 5) is 10.1. The SMILES string of the molecule is Cc1cc(O)c(CCC=O)cc1F. The third kappa shape index (κ3) is 2.28. The molecular formula is C10H11FO2. The van der Waals surface area contributed by atoms with Crippen molar-refractivity contribution >= 4 is 6.29 Å². The predicted molar refractivity (Wildman–Crippen MR) is 47.2 cm³/mol. The van der Waals surface area contributed by atoms with Gasteiger partial charge in [0.25, 0.3) is 0 Å². The molecule has 0 saturated carbocycles. The maximum atomic E-state index is 13.0. The lowest BCUT2D eigenvalue weighted by Crippen LogP contribution is -1.91. The Morgan fingerprint density at radius 1 is 1.54 bits per heavy atom. The first-order valence-corrected chi connectivity index (χ1v) is 4.06. The fraction of sp³-hybridized carbons (Fsp3) is 0.300. The van der Waals surface area contributed by atoms with E-state index < -0.39 is 0 Å². The highest BCUT2D eigenvalue weighted by molar-refractivity contribution is 5.51. The molecule has 1 aromatic carbocycles. The molecule has 0 aliphatic carbocycles. The smallest absolute Gasteiger partial charge is 0.126 e. The van der Waals surface area contributed by atoms with Crippen molar-refractivity contribution in [2.45, 2.75) is 19.8 Å². The van der Waals surface area contributed by atoms with Crippen LogP contribution in [0.4, 0.5) is 4.39 Å². The van der Waals surface area contributed by atoms with Gasteiger partial charge < -0.3 is 9.90 Å². The number of phenolic OH excluding ortho intramolecular Hbond substituents is 1. The van der Waals surface area contributed by atoms with E-state index in [0.717, 1.165) is 6.29 Å². The molecule has 3 heteroatoms. The lowest BCUT2D eigenvalue weighted by Gasteiger charge is -2.04. The van der Waals surface area contributed by atoms with Gasteiger partial charge in [0, 0.05) is 6.42 Å². The monoisotopic (exact) mass is 182 g/mol. The number of phenols is 1. The minimum atomic E-state index is -0.348. The summed E-state index contributed by atoms with van der Waals surface area (Å²) in [6.07, 6.45) is 1.43. The lowest BCUT2D eigenvalue weighted by atomic mass is 10.1. The number of aryl methyl sites for hydroxylation is 2. The Kier molecular flexibility index (Phi) is 3.01. The van der Waals surface area contributed by atoms with Gasteiger partial charge in [-0.15, -0.1) is 0 Å². The standard InChI is InChI=1S/C10H11FO2/c1-7-5-10(13)8(3-2-4-12)6-9(7)11/h4-6,13H,2-3H2,1H3. The van der Waals surface area contributed by atoms with Crippen LogP contribution in [0.1, 0.15) is 17.5 Å². The van der Waals surface area contributed by atoms with Crippen LogP contribution in [0.3, 0.4) is 0 Å². The summed E-state index contributed by atoms with van der Waals surface area (Å²) in [6.45, 7) is 1.58. The Morgan fingerprint density at radius 3 is 2.85 bits per heavy atom. The minimum absolute atomic E-state index is 0.0563. The second-order valence-electron chi connectivity index (χ2n) is 2.94. The van der Waals surface area contributed by atoms with Gasteiger partial charge in [0.2, 0.25) is 0 Å². The van der Waals surface area contributed by atoms with Crippen LogP contribution in [0, 0.1) is 12.7 Å². The molecule has 0 aliphatic heterocycles. The van der Waals surface area contributed by atoms with Gasteiger partial charge >= 0.3 is 0 Å². The van der Waals surface area contributed by atoms with Crippen LogP contribution in [0.2, 0.25) is 0 Å². The zero-order valence-corrected chi connectivity index (χ0v) is 7.38. The Balaban J connectivity index is 2.94. The molecular weight excluding hydrogens is 171 g/mol. The fourth-order valence-electron chi connectivity index (χ4n) is 1.12. The summed E-state index contributed by atoms with van der Waals surface area (Å²) in [5, 5.41) is 9.36. The first kappa shape index (κ1) is 9.71. The molecule has 1 aromatic rings. The topological polar surface area (TPSA) is 37.3 Å². The summed E-state index contributed by atoms with van der Waals surface area (Å²) < 4.78 is 13.0. The van der Waals surface area contributed by atoms with Gasteiger partial charge in [0.05, 0.1) is 0 Å². The van der Waals surface area contributed by atoms with E-state index in [2.05, 4.69) is 0 Å². The van der Waals surface area contributed by atoms with E-state index in [1.807, 2.05) is 0 Å². The molecule has 0 atom stereocenters. The van der Waals surface area contributed by atoms with Crippen LogP contribution in [-0.2, 0) is 11.2 Å². The lowest BCUT2D eigenvalue weighted by molar-refractivity contribution is -0.107. The van der Waals surface area contributed by atoms with Crippen LogP contribution in [0.5, 0.6) is 5.75 Å². The molecule has 0 unspecified atom stereocenters. The van der Waals surface area contributed by atoms with Crippen molar-refractivity contribution in [3.63, 3.8) is 0 Å². The van der Waals surface area contributed by atoms with Crippen molar-refractivity contribution in [3.05, 3.63) is 29.1 Å². The second kappa shape index (κ2) is 4.03. The maximum Gasteiger partial charge on any atom is 0.126 e. The maximum absolute atomic E-state index is 13.0. The number of rotatable bonds is 3. The molecule has 2 nitrogen and oxygen atoms in total. The van der Waals surface area contributed by atoms with Gasteiger partial charge in [0.15, 0.2) is 0 Å². The summed E-state index contributed by atoms with van der Waals surface area (Å²) in [5.74, 6) is -0.292. The molecule has 0 heterocycles. The van der Waals surface area contributed by atoms with Crippen molar-refractivity contribution < 1.29 is 14.3 Å². The molecule has 0 radical (unpaired) electrons. The number of halogens is 1. The van der Waals surface area contributed by atoms with Gasteiger partial charge in [-0.25, -0.2) is 4.39 Å². The van der Waals surface area contributed by atoms with Crippen molar-refractivity contribution in [1.82, 2.24) is 0 Å². The predicted octanol–water partition coefficient (Wildman–Crippen LogP) is 1.97. The third-order valence-electron chi connectivity index (χ3n) is 1.89. The van der Waals surface area contributed by atoms with Crippen LogP contribution < -0.4 is 0 Å². The molecule has 0 spiro atoms. The molecule has 0 amide bonds. The highest BCUT2D eigenvalue weighted by Gasteiger charge is 2.05. The zero-order valence-electron chi connectivity index (χ0n) is 7.38. The van der Waals surface area contributed by atoms with Crippen LogP contribution in [0.25, 0.3) is 0 Å². The molecule has 70 valence electrons. The van der Waals surface area contributed by atoms with Crippen molar-refractivity contribution in [1.29, 1.82) is 0 Å². The normalized spacial score (nSPS) is 10.0. The van der Waals surface area contributed by atoms with Gasteiger partial charge in [-0.3, -0.25) is 0 Å². The average Bonchev–Trinajstić information content (AvgIpc) is 2.09. The number of carbonyl (C=O) groups excluding carboxylic acids is 1. The van der Waals surface area contributed by atoms with E-state index in [1.165, 1.54) is 12.1 Å². The van der Waals surface area contributed by atoms with Gasteiger partial charge in [-0.2, -0.15) is 0 Å². The van der Waals surface area contributed by atoms with Crippen LogP contribution in [0.15, 0.2) is 12.1 Å². The van der Waals surface area contributed by atoms with E-state index in [1.54, 1.807) is 6.92 Å². The van der Waals surface area contributed by atoms with E-state index in [9.17, 15) is 14.3 Å². The number of hydrogen-bond donors (Lipinski definition) is 1. The summed E-state index contributed by atoms with van der Waals surface area (Å²) >= 11 is 0. The number of benzene rings is 1. The summed E-state index contributed by atoms with van der Waals surface area (Å²) in [7, 11) is 0.